The molecule has 0 saturated carbocycles. The summed E-state index contributed by atoms with van der Waals surface area (Å²) in [6.45, 7) is 5.28. The van der Waals surface area contributed by atoms with Crippen LogP contribution in [0, 0.1) is 17.2 Å². The number of rotatable bonds is 6. The SMILES string of the molecule is Cn1cc(S(=O)(=O)n2cc(CC(NC(=O)O)C(C)(C)C)c(F)c2-c2cccnc2F)cn1. The van der Waals surface area contributed by atoms with Gasteiger partial charge < -0.3 is 10.4 Å². The molecule has 0 aliphatic carbocycles. The van der Waals surface area contributed by atoms with E-state index in [1.165, 1.54) is 30.1 Å². The number of carboxylic acid groups (broad SMARTS) is 1. The van der Waals surface area contributed by atoms with Crippen molar-refractivity contribution in [1.82, 2.24) is 24.1 Å². The number of hydrogen-bond donors (Lipinski definition) is 2. The third-order valence-corrected chi connectivity index (χ3v) is 6.62. The molecule has 0 fully saturated rings. The maximum atomic E-state index is 15.6. The van der Waals surface area contributed by atoms with Gasteiger partial charge in [0.1, 0.15) is 10.6 Å². The topological polar surface area (TPSA) is 119 Å². The number of nitrogens with one attached hydrogen (secondary N) is 1. The van der Waals surface area contributed by atoms with Gasteiger partial charge in [0.05, 0.1) is 11.8 Å². The molecule has 32 heavy (non-hydrogen) atoms. The molecular formula is C20H23F2N5O4S. The van der Waals surface area contributed by atoms with E-state index < -0.39 is 45.0 Å². The molecule has 3 rings (SSSR count). The van der Waals surface area contributed by atoms with Crippen molar-refractivity contribution in [3.8, 4) is 11.3 Å². The van der Waals surface area contributed by atoms with E-state index in [0.717, 1.165) is 18.6 Å². The van der Waals surface area contributed by atoms with Crippen LogP contribution in [0.4, 0.5) is 13.6 Å². The van der Waals surface area contributed by atoms with Crippen molar-refractivity contribution in [2.75, 3.05) is 0 Å². The van der Waals surface area contributed by atoms with Gasteiger partial charge in [0, 0.05) is 37.2 Å². The van der Waals surface area contributed by atoms with E-state index in [0.29, 0.717) is 3.97 Å². The summed E-state index contributed by atoms with van der Waals surface area (Å²) in [5.74, 6) is -2.03. The van der Waals surface area contributed by atoms with Gasteiger partial charge in [-0.1, -0.05) is 20.8 Å². The first-order valence-electron chi connectivity index (χ1n) is 9.56. The average Bonchev–Trinajstić information content (AvgIpc) is 3.25. The van der Waals surface area contributed by atoms with Crippen molar-refractivity contribution >= 4 is 16.1 Å². The standard InChI is InChI=1S/C20H23F2N5O4S/c1-20(2,3)15(25-19(28)29)8-12-10-27(32(30,31)13-9-24-26(4)11-13)17(16(12)21)14-6-5-7-23-18(14)22/h5-7,9-11,15,25H,8H2,1-4H3,(H,28,29). The molecule has 1 amide bonds. The molecular weight excluding hydrogens is 444 g/mol. The Morgan fingerprint density at radius 2 is 1.97 bits per heavy atom. The molecule has 0 aromatic carbocycles. The van der Waals surface area contributed by atoms with Crippen molar-refractivity contribution in [2.24, 2.45) is 12.5 Å². The number of hydrogen-bond acceptors (Lipinski definition) is 5. The summed E-state index contributed by atoms with van der Waals surface area (Å²) in [5, 5.41) is 15.4. The van der Waals surface area contributed by atoms with Gasteiger partial charge in [0.25, 0.3) is 10.0 Å². The summed E-state index contributed by atoms with van der Waals surface area (Å²) in [6.07, 6.45) is 3.08. The first-order chi connectivity index (χ1) is 14.8. The highest BCUT2D eigenvalue weighted by atomic mass is 32.2. The fourth-order valence-electron chi connectivity index (χ4n) is 3.23. The van der Waals surface area contributed by atoms with Gasteiger partial charge in [-0.05, 0) is 24.0 Å². The van der Waals surface area contributed by atoms with Crippen LogP contribution in [0.2, 0.25) is 0 Å². The number of carbonyl (C=O) groups is 1. The van der Waals surface area contributed by atoms with Crippen LogP contribution in [0.3, 0.4) is 0 Å². The Balaban J connectivity index is 2.23. The first kappa shape index (κ1) is 23.4. The van der Waals surface area contributed by atoms with Crippen LogP contribution in [0.5, 0.6) is 0 Å². The zero-order valence-corrected chi connectivity index (χ0v) is 18.7. The van der Waals surface area contributed by atoms with Crippen LogP contribution in [-0.2, 0) is 23.5 Å². The minimum absolute atomic E-state index is 0.0932. The minimum Gasteiger partial charge on any atom is -0.465 e. The van der Waals surface area contributed by atoms with E-state index in [4.69, 9.17) is 0 Å². The lowest BCUT2D eigenvalue weighted by molar-refractivity contribution is 0.174. The van der Waals surface area contributed by atoms with Gasteiger partial charge in [-0.2, -0.15) is 9.49 Å². The quantitative estimate of drug-likeness (QED) is 0.538. The number of aromatic nitrogens is 4. The third kappa shape index (κ3) is 4.49. The molecule has 0 saturated heterocycles. The third-order valence-electron chi connectivity index (χ3n) is 5.00. The summed E-state index contributed by atoms with van der Waals surface area (Å²) in [4.78, 5) is 14.5. The normalized spacial score (nSPS) is 13.2. The monoisotopic (exact) mass is 467 g/mol. The Hall–Kier alpha value is -3.28. The second kappa shape index (κ2) is 8.34. The van der Waals surface area contributed by atoms with E-state index in [1.54, 1.807) is 20.8 Å². The van der Waals surface area contributed by atoms with E-state index in [1.807, 2.05) is 0 Å². The number of pyridine rings is 1. The molecule has 12 heteroatoms. The Bertz CT molecular complexity index is 1260. The molecule has 0 bridgehead atoms. The van der Waals surface area contributed by atoms with E-state index in [-0.39, 0.29) is 22.4 Å². The Morgan fingerprint density at radius 1 is 1.28 bits per heavy atom. The molecule has 0 radical (unpaired) electrons. The maximum absolute atomic E-state index is 15.6. The maximum Gasteiger partial charge on any atom is 0.404 e. The van der Waals surface area contributed by atoms with Crippen LogP contribution in [-0.4, -0.2) is 44.4 Å². The van der Waals surface area contributed by atoms with Crippen LogP contribution in [0.1, 0.15) is 26.3 Å². The molecule has 0 aliphatic heterocycles. The molecule has 0 spiro atoms. The first-order valence-corrected chi connectivity index (χ1v) is 11.0. The van der Waals surface area contributed by atoms with Crippen LogP contribution in [0.25, 0.3) is 11.3 Å². The Morgan fingerprint density at radius 3 is 2.50 bits per heavy atom. The van der Waals surface area contributed by atoms with Crippen LogP contribution in [0.15, 0.2) is 41.8 Å². The molecule has 3 heterocycles. The van der Waals surface area contributed by atoms with Crippen molar-refractivity contribution < 1.29 is 27.1 Å². The minimum atomic E-state index is -4.35. The lowest BCUT2D eigenvalue weighted by Gasteiger charge is -2.30. The Labute approximate surface area is 183 Å². The highest BCUT2D eigenvalue weighted by molar-refractivity contribution is 7.90. The molecule has 3 aromatic rings. The lowest BCUT2D eigenvalue weighted by atomic mass is 9.83. The zero-order valence-electron chi connectivity index (χ0n) is 17.9. The highest BCUT2D eigenvalue weighted by Gasteiger charge is 2.33. The second-order valence-electron chi connectivity index (χ2n) is 8.38. The highest BCUT2D eigenvalue weighted by Crippen LogP contribution is 2.33. The Kier molecular flexibility index (Phi) is 6.09. The molecule has 2 N–H and O–H groups in total. The van der Waals surface area contributed by atoms with Crippen molar-refractivity contribution in [3.63, 3.8) is 0 Å². The van der Waals surface area contributed by atoms with Crippen LogP contribution >= 0.6 is 0 Å². The predicted molar refractivity (Wildman–Crippen MR) is 111 cm³/mol. The summed E-state index contributed by atoms with van der Waals surface area (Å²) in [6, 6.07) is 1.82. The van der Waals surface area contributed by atoms with Gasteiger partial charge in [0.2, 0.25) is 5.95 Å². The van der Waals surface area contributed by atoms with Crippen molar-refractivity contribution in [1.29, 1.82) is 0 Å². The van der Waals surface area contributed by atoms with E-state index >= 15 is 4.39 Å². The van der Waals surface area contributed by atoms with Crippen molar-refractivity contribution in [2.45, 2.75) is 38.1 Å². The number of halogens is 2. The number of amides is 1. The summed E-state index contributed by atoms with van der Waals surface area (Å²) in [5.41, 5.74) is -1.58. The molecule has 172 valence electrons. The van der Waals surface area contributed by atoms with Crippen LogP contribution < -0.4 is 5.32 Å². The van der Waals surface area contributed by atoms with E-state index in [9.17, 15) is 22.7 Å². The van der Waals surface area contributed by atoms with Gasteiger partial charge in [0.15, 0.2) is 5.82 Å². The van der Waals surface area contributed by atoms with E-state index in [2.05, 4.69) is 15.4 Å². The van der Waals surface area contributed by atoms with Gasteiger partial charge >= 0.3 is 6.09 Å². The second-order valence-corrected chi connectivity index (χ2v) is 10.2. The zero-order chi connectivity index (χ0) is 23.8. The van der Waals surface area contributed by atoms with Crippen molar-refractivity contribution in [3.05, 3.63) is 54.2 Å². The van der Waals surface area contributed by atoms with Gasteiger partial charge in [-0.25, -0.2) is 26.6 Å². The van der Waals surface area contributed by atoms with Gasteiger partial charge in [-0.3, -0.25) is 4.68 Å². The predicted octanol–water partition coefficient (Wildman–Crippen LogP) is 3.02. The number of nitrogens with zero attached hydrogens (tertiary/aromatic N) is 4. The lowest BCUT2D eigenvalue weighted by Crippen LogP contribution is -2.44. The fraction of sp³-hybridized carbons (Fsp3) is 0.350. The van der Waals surface area contributed by atoms with Gasteiger partial charge in [-0.15, -0.1) is 0 Å². The summed E-state index contributed by atoms with van der Waals surface area (Å²) >= 11 is 0. The molecule has 1 atom stereocenters. The molecule has 0 aliphatic rings. The fourth-order valence-corrected chi connectivity index (χ4v) is 4.61. The average molecular weight is 467 g/mol. The molecule has 3 aromatic heterocycles. The largest absolute Gasteiger partial charge is 0.465 e. The molecule has 1 unspecified atom stereocenters. The smallest absolute Gasteiger partial charge is 0.404 e. The summed E-state index contributed by atoms with van der Waals surface area (Å²) in [7, 11) is -2.83. The molecule has 9 nitrogen and oxygen atoms in total. The number of aryl methyl sites for hydroxylation is 1. The summed E-state index contributed by atoms with van der Waals surface area (Å²) < 4.78 is 58.5.